The van der Waals surface area contributed by atoms with E-state index in [0.717, 1.165) is 19.0 Å². The molecule has 4 rings (SSSR count). The molecule has 2 fully saturated rings. The second-order valence-corrected chi connectivity index (χ2v) is 6.69. The van der Waals surface area contributed by atoms with E-state index in [-0.39, 0.29) is 0 Å². The van der Waals surface area contributed by atoms with Crippen LogP contribution in [0.1, 0.15) is 30.0 Å². The van der Waals surface area contributed by atoms with Gasteiger partial charge in [-0.25, -0.2) is 0 Å². The van der Waals surface area contributed by atoms with Crippen LogP contribution in [-0.2, 0) is 6.54 Å². The lowest BCUT2D eigenvalue weighted by Crippen LogP contribution is -2.52. The molecule has 2 unspecified atom stereocenters. The highest BCUT2D eigenvalue weighted by molar-refractivity contribution is 5.22. The first kappa shape index (κ1) is 14.0. The molecule has 2 heteroatoms. The molecule has 1 saturated carbocycles. The summed E-state index contributed by atoms with van der Waals surface area (Å²) in [7, 11) is 0. The highest BCUT2D eigenvalue weighted by Gasteiger charge is 2.37. The van der Waals surface area contributed by atoms with Crippen LogP contribution in [0.15, 0.2) is 60.7 Å². The maximum atomic E-state index is 3.80. The fourth-order valence-corrected chi connectivity index (χ4v) is 3.65. The van der Waals surface area contributed by atoms with E-state index >= 15 is 0 Å². The maximum Gasteiger partial charge on any atom is 0.0476 e. The van der Waals surface area contributed by atoms with Gasteiger partial charge in [0.1, 0.15) is 0 Å². The summed E-state index contributed by atoms with van der Waals surface area (Å²) in [6.45, 7) is 3.28. The topological polar surface area (TPSA) is 15.3 Å². The zero-order valence-electron chi connectivity index (χ0n) is 13.0. The first-order valence-corrected chi connectivity index (χ1v) is 8.46. The van der Waals surface area contributed by atoms with Crippen molar-refractivity contribution in [3.8, 4) is 0 Å². The van der Waals surface area contributed by atoms with Crippen molar-refractivity contribution in [1.82, 2.24) is 10.2 Å². The molecule has 0 amide bonds. The van der Waals surface area contributed by atoms with Crippen molar-refractivity contribution in [2.24, 2.45) is 5.92 Å². The standard InChI is InChI=1S/C20H24N2/c1-3-7-16(8-4-1)14-22-15-19(17-11-12-17)21-13-20(22)18-9-5-2-6-10-18/h1-10,17,19-21H,11-15H2. The molecule has 1 aliphatic heterocycles. The van der Waals surface area contributed by atoms with Crippen LogP contribution in [0.25, 0.3) is 0 Å². The van der Waals surface area contributed by atoms with E-state index in [2.05, 4.69) is 70.9 Å². The Bertz CT molecular complexity index is 592. The number of hydrogen-bond acceptors (Lipinski definition) is 2. The van der Waals surface area contributed by atoms with Gasteiger partial charge in [0, 0.05) is 31.7 Å². The molecule has 0 radical (unpaired) electrons. The molecule has 1 heterocycles. The average Bonchev–Trinajstić information content (AvgIpc) is 3.42. The Labute approximate surface area is 133 Å². The van der Waals surface area contributed by atoms with Gasteiger partial charge in [-0.1, -0.05) is 60.7 Å². The summed E-state index contributed by atoms with van der Waals surface area (Å²) in [6, 6.07) is 23.0. The monoisotopic (exact) mass is 292 g/mol. The minimum Gasteiger partial charge on any atom is -0.311 e. The van der Waals surface area contributed by atoms with Gasteiger partial charge in [0.15, 0.2) is 0 Å². The minimum absolute atomic E-state index is 0.483. The number of hydrogen-bond donors (Lipinski definition) is 1. The van der Waals surface area contributed by atoms with Crippen LogP contribution in [0.2, 0.25) is 0 Å². The zero-order chi connectivity index (χ0) is 14.8. The number of benzene rings is 2. The molecular weight excluding hydrogens is 268 g/mol. The van der Waals surface area contributed by atoms with Gasteiger partial charge >= 0.3 is 0 Å². The van der Waals surface area contributed by atoms with Crippen LogP contribution >= 0.6 is 0 Å². The van der Waals surface area contributed by atoms with Crippen LogP contribution in [0.3, 0.4) is 0 Å². The Morgan fingerprint density at radius 2 is 1.59 bits per heavy atom. The molecule has 0 spiro atoms. The third-order valence-corrected chi connectivity index (χ3v) is 5.05. The molecule has 2 aromatic carbocycles. The molecule has 1 aliphatic carbocycles. The molecule has 114 valence electrons. The van der Waals surface area contributed by atoms with E-state index in [1.54, 1.807) is 0 Å². The highest BCUT2D eigenvalue weighted by atomic mass is 15.2. The van der Waals surface area contributed by atoms with Crippen LogP contribution in [0, 0.1) is 5.92 Å². The molecule has 2 nitrogen and oxygen atoms in total. The Kier molecular flexibility index (Phi) is 3.96. The van der Waals surface area contributed by atoms with Crippen molar-refractivity contribution in [3.05, 3.63) is 71.8 Å². The Morgan fingerprint density at radius 3 is 2.27 bits per heavy atom. The second kappa shape index (κ2) is 6.23. The molecule has 2 aliphatic rings. The molecule has 2 atom stereocenters. The van der Waals surface area contributed by atoms with Gasteiger partial charge in [0.2, 0.25) is 0 Å². The molecule has 2 aromatic rings. The summed E-state index contributed by atoms with van der Waals surface area (Å²) < 4.78 is 0. The minimum atomic E-state index is 0.483. The van der Waals surface area contributed by atoms with Gasteiger partial charge in [-0.15, -0.1) is 0 Å². The van der Waals surface area contributed by atoms with Crippen molar-refractivity contribution in [3.63, 3.8) is 0 Å². The predicted molar refractivity (Wildman–Crippen MR) is 90.5 cm³/mol. The van der Waals surface area contributed by atoms with E-state index in [1.165, 1.54) is 30.5 Å². The summed E-state index contributed by atoms with van der Waals surface area (Å²) in [5.74, 6) is 0.912. The normalized spacial score (nSPS) is 26.0. The summed E-state index contributed by atoms with van der Waals surface area (Å²) in [4.78, 5) is 2.67. The van der Waals surface area contributed by atoms with Crippen LogP contribution in [0.5, 0.6) is 0 Å². The number of piperazine rings is 1. The quantitative estimate of drug-likeness (QED) is 0.926. The lowest BCUT2D eigenvalue weighted by Gasteiger charge is -2.41. The first-order chi connectivity index (χ1) is 10.9. The molecular formula is C20H24N2. The third kappa shape index (κ3) is 3.08. The predicted octanol–water partition coefficient (Wildman–Crippen LogP) is 3.61. The van der Waals surface area contributed by atoms with Crippen LogP contribution in [0.4, 0.5) is 0 Å². The van der Waals surface area contributed by atoms with Gasteiger partial charge in [-0.05, 0) is 29.9 Å². The van der Waals surface area contributed by atoms with Crippen LogP contribution < -0.4 is 5.32 Å². The van der Waals surface area contributed by atoms with Crippen molar-refractivity contribution >= 4 is 0 Å². The van der Waals surface area contributed by atoms with Crippen molar-refractivity contribution in [1.29, 1.82) is 0 Å². The fraction of sp³-hybridized carbons (Fsp3) is 0.400. The molecule has 0 aromatic heterocycles. The number of rotatable bonds is 4. The Hall–Kier alpha value is -1.64. The fourth-order valence-electron chi connectivity index (χ4n) is 3.65. The first-order valence-electron chi connectivity index (χ1n) is 8.46. The van der Waals surface area contributed by atoms with E-state index in [4.69, 9.17) is 0 Å². The van der Waals surface area contributed by atoms with E-state index in [9.17, 15) is 0 Å². The van der Waals surface area contributed by atoms with Crippen LogP contribution in [-0.4, -0.2) is 24.0 Å². The van der Waals surface area contributed by atoms with E-state index in [0.29, 0.717) is 12.1 Å². The number of nitrogens with one attached hydrogen (secondary N) is 1. The zero-order valence-corrected chi connectivity index (χ0v) is 13.0. The molecule has 1 N–H and O–H groups in total. The Morgan fingerprint density at radius 1 is 0.909 bits per heavy atom. The molecule has 0 bridgehead atoms. The summed E-state index contributed by atoms with van der Waals surface area (Å²) in [5.41, 5.74) is 2.85. The van der Waals surface area contributed by atoms with E-state index in [1.807, 2.05) is 0 Å². The molecule has 1 saturated heterocycles. The summed E-state index contributed by atoms with van der Waals surface area (Å²) in [6.07, 6.45) is 2.82. The van der Waals surface area contributed by atoms with Gasteiger partial charge in [-0.3, -0.25) is 4.90 Å². The van der Waals surface area contributed by atoms with Gasteiger partial charge < -0.3 is 5.32 Å². The SMILES string of the molecule is c1ccc(CN2CC(C3CC3)NCC2c2ccccc2)cc1. The smallest absolute Gasteiger partial charge is 0.0476 e. The molecule has 22 heavy (non-hydrogen) atoms. The van der Waals surface area contributed by atoms with Crippen molar-refractivity contribution < 1.29 is 0 Å². The van der Waals surface area contributed by atoms with Gasteiger partial charge in [-0.2, -0.15) is 0 Å². The summed E-state index contributed by atoms with van der Waals surface area (Å²) in [5, 5.41) is 3.80. The lowest BCUT2D eigenvalue weighted by atomic mass is 9.98. The third-order valence-electron chi connectivity index (χ3n) is 5.05. The highest BCUT2D eigenvalue weighted by Crippen LogP contribution is 2.36. The number of nitrogens with zero attached hydrogens (tertiary/aromatic N) is 1. The second-order valence-electron chi connectivity index (χ2n) is 6.69. The van der Waals surface area contributed by atoms with E-state index < -0.39 is 0 Å². The lowest BCUT2D eigenvalue weighted by molar-refractivity contribution is 0.115. The van der Waals surface area contributed by atoms with Gasteiger partial charge in [0.05, 0.1) is 0 Å². The van der Waals surface area contributed by atoms with Crippen molar-refractivity contribution in [2.45, 2.75) is 31.5 Å². The Balaban J connectivity index is 1.55. The average molecular weight is 292 g/mol. The maximum absolute atomic E-state index is 3.80. The van der Waals surface area contributed by atoms with Crippen molar-refractivity contribution in [2.75, 3.05) is 13.1 Å². The summed E-state index contributed by atoms with van der Waals surface area (Å²) >= 11 is 0. The largest absolute Gasteiger partial charge is 0.311 e. The van der Waals surface area contributed by atoms with Gasteiger partial charge in [0.25, 0.3) is 0 Å².